The average molecular weight is 208 g/mol. The molecule has 13 heavy (non-hydrogen) atoms. The fourth-order valence-electron chi connectivity index (χ4n) is 0.659. The van der Waals surface area contributed by atoms with E-state index in [9.17, 15) is 4.57 Å². The highest BCUT2D eigenvalue weighted by molar-refractivity contribution is 7.48. The lowest BCUT2D eigenvalue weighted by atomic mass is 10.6. The molecule has 0 rings (SSSR count). The molecule has 0 aromatic rings. The Morgan fingerprint density at radius 2 is 1.69 bits per heavy atom. The van der Waals surface area contributed by atoms with Crippen LogP contribution in [0.3, 0.4) is 0 Å². The first-order valence-corrected chi connectivity index (χ1v) is 5.79. The molecule has 0 amide bonds. The van der Waals surface area contributed by atoms with Crippen molar-refractivity contribution in [2.45, 2.75) is 20.8 Å². The minimum atomic E-state index is -3.30. The van der Waals surface area contributed by atoms with Gasteiger partial charge in [-0.3, -0.25) is 13.6 Å². The molecule has 0 spiro atoms. The minimum Gasteiger partial charge on any atom is -0.287 e. The van der Waals surface area contributed by atoms with Crippen LogP contribution in [-0.4, -0.2) is 19.8 Å². The molecule has 4 nitrogen and oxygen atoms in total. The molecular weight excluding hydrogens is 191 g/mol. The first-order chi connectivity index (χ1) is 6.18. The minimum absolute atomic E-state index is 0.244. The summed E-state index contributed by atoms with van der Waals surface area (Å²) in [6.45, 7) is 6.21. The predicted molar refractivity (Wildman–Crippen MR) is 51.6 cm³/mol. The SMILES string of the molecule is CC=CCOP(=O)(OCC)OCC. The second-order valence-corrected chi connectivity index (χ2v) is 3.82. The Balaban J connectivity index is 3.99. The molecule has 0 aliphatic rings. The summed E-state index contributed by atoms with van der Waals surface area (Å²) in [7, 11) is -3.30. The fraction of sp³-hybridized carbons (Fsp3) is 0.750. The molecule has 0 heterocycles. The molecular formula is C8H17O4P. The van der Waals surface area contributed by atoms with E-state index in [1.807, 2.05) is 13.0 Å². The van der Waals surface area contributed by atoms with Crippen molar-refractivity contribution in [3.8, 4) is 0 Å². The van der Waals surface area contributed by atoms with E-state index in [1.54, 1.807) is 19.9 Å². The van der Waals surface area contributed by atoms with Gasteiger partial charge in [-0.1, -0.05) is 12.2 Å². The first-order valence-electron chi connectivity index (χ1n) is 4.33. The van der Waals surface area contributed by atoms with E-state index in [0.717, 1.165) is 0 Å². The molecule has 0 aliphatic carbocycles. The van der Waals surface area contributed by atoms with Crippen molar-refractivity contribution in [2.75, 3.05) is 19.8 Å². The van der Waals surface area contributed by atoms with Crippen LogP contribution in [0.25, 0.3) is 0 Å². The number of phosphoric acid groups is 1. The van der Waals surface area contributed by atoms with Gasteiger partial charge in [0, 0.05) is 0 Å². The number of hydrogen-bond donors (Lipinski definition) is 0. The summed E-state index contributed by atoms with van der Waals surface area (Å²) in [5, 5.41) is 0. The molecule has 0 aliphatic heterocycles. The van der Waals surface area contributed by atoms with Crippen molar-refractivity contribution >= 4 is 7.82 Å². The Morgan fingerprint density at radius 1 is 1.15 bits per heavy atom. The Morgan fingerprint density at radius 3 is 2.08 bits per heavy atom. The van der Waals surface area contributed by atoms with Gasteiger partial charge in [-0.25, -0.2) is 4.57 Å². The lowest BCUT2D eigenvalue weighted by Gasteiger charge is -2.14. The van der Waals surface area contributed by atoms with E-state index < -0.39 is 7.82 Å². The van der Waals surface area contributed by atoms with Crippen molar-refractivity contribution < 1.29 is 18.1 Å². The normalized spacial score (nSPS) is 12.5. The lowest BCUT2D eigenvalue weighted by molar-refractivity contribution is 0.131. The summed E-state index contributed by atoms with van der Waals surface area (Å²) < 4.78 is 26.3. The Hall–Kier alpha value is -0.150. The van der Waals surface area contributed by atoms with Crippen LogP contribution in [0.2, 0.25) is 0 Å². The Labute approximate surface area is 79.5 Å². The highest BCUT2D eigenvalue weighted by Gasteiger charge is 2.24. The topological polar surface area (TPSA) is 44.8 Å². The fourth-order valence-corrected chi connectivity index (χ4v) is 1.78. The molecule has 5 heteroatoms. The summed E-state index contributed by atoms with van der Waals surface area (Å²) >= 11 is 0. The van der Waals surface area contributed by atoms with Gasteiger partial charge in [0.25, 0.3) is 0 Å². The zero-order valence-corrected chi connectivity index (χ0v) is 9.25. The predicted octanol–water partition coefficient (Wildman–Crippen LogP) is 2.76. The number of allylic oxidation sites excluding steroid dienone is 1. The molecule has 78 valence electrons. The van der Waals surface area contributed by atoms with Crippen LogP contribution < -0.4 is 0 Å². The standard InChI is InChI=1S/C8H17O4P/c1-4-7-8-12-13(9,10-5-2)11-6-3/h4,7H,5-6,8H2,1-3H3. The molecule has 0 aromatic heterocycles. The van der Waals surface area contributed by atoms with E-state index in [-0.39, 0.29) is 6.61 Å². The van der Waals surface area contributed by atoms with E-state index in [0.29, 0.717) is 13.2 Å². The van der Waals surface area contributed by atoms with Gasteiger partial charge >= 0.3 is 7.82 Å². The number of phosphoric ester groups is 1. The molecule has 0 aromatic carbocycles. The third kappa shape index (κ3) is 5.99. The van der Waals surface area contributed by atoms with Gasteiger partial charge in [0.15, 0.2) is 0 Å². The number of hydrogen-bond acceptors (Lipinski definition) is 4. The van der Waals surface area contributed by atoms with Crippen LogP contribution >= 0.6 is 7.82 Å². The zero-order chi connectivity index (χ0) is 10.2. The van der Waals surface area contributed by atoms with Gasteiger partial charge in [-0.2, -0.15) is 0 Å². The molecule has 0 bridgehead atoms. The van der Waals surface area contributed by atoms with Crippen LogP contribution in [-0.2, 0) is 18.1 Å². The summed E-state index contributed by atoms with van der Waals surface area (Å²) in [5.41, 5.74) is 0. The van der Waals surface area contributed by atoms with Gasteiger partial charge in [0.1, 0.15) is 0 Å². The van der Waals surface area contributed by atoms with Gasteiger partial charge in [0.05, 0.1) is 19.8 Å². The highest BCUT2D eigenvalue weighted by atomic mass is 31.2. The van der Waals surface area contributed by atoms with E-state index in [4.69, 9.17) is 13.6 Å². The van der Waals surface area contributed by atoms with E-state index in [1.165, 1.54) is 0 Å². The summed E-state index contributed by atoms with van der Waals surface area (Å²) in [6.07, 6.45) is 3.55. The monoisotopic (exact) mass is 208 g/mol. The third-order valence-corrected chi connectivity index (χ3v) is 2.75. The molecule has 0 saturated carbocycles. The van der Waals surface area contributed by atoms with Gasteiger partial charge < -0.3 is 0 Å². The molecule has 0 fully saturated rings. The van der Waals surface area contributed by atoms with Crippen molar-refractivity contribution in [3.63, 3.8) is 0 Å². The van der Waals surface area contributed by atoms with Crippen molar-refractivity contribution in [1.29, 1.82) is 0 Å². The second-order valence-electron chi connectivity index (χ2n) is 2.15. The van der Waals surface area contributed by atoms with E-state index in [2.05, 4.69) is 0 Å². The average Bonchev–Trinajstić information content (AvgIpc) is 2.05. The Bertz CT molecular complexity index is 181. The van der Waals surface area contributed by atoms with Crippen LogP contribution in [0.15, 0.2) is 12.2 Å². The summed E-state index contributed by atoms with van der Waals surface area (Å²) in [5.74, 6) is 0. The second kappa shape index (κ2) is 7.27. The molecule has 0 saturated heterocycles. The number of rotatable bonds is 7. The quantitative estimate of drug-likeness (QED) is 0.476. The highest BCUT2D eigenvalue weighted by Crippen LogP contribution is 2.48. The maximum atomic E-state index is 11.6. The maximum absolute atomic E-state index is 11.6. The smallest absolute Gasteiger partial charge is 0.287 e. The van der Waals surface area contributed by atoms with Crippen LogP contribution in [0, 0.1) is 0 Å². The van der Waals surface area contributed by atoms with Crippen LogP contribution in [0.1, 0.15) is 20.8 Å². The van der Waals surface area contributed by atoms with Gasteiger partial charge in [-0.15, -0.1) is 0 Å². The Kier molecular flexibility index (Phi) is 7.19. The first kappa shape index (κ1) is 12.8. The zero-order valence-electron chi connectivity index (χ0n) is 8.36. The van der Waals surface area contributed by atoms with Gasteiger partial charge in [-0.05, 0) is 20.8 Å². The summed E-state index contributed by atoms with van der Waals surface area (Å²) in [6, 6.07) is 0. The van der Waals surface area contributed by atoms with Gasteiger partial charge in [0.2, 0.25) is 0 Å². The van der Waals surface area contributed by atoms with E-state index >= 15 is 0 Å². The van der Waals surface area contributed by atoms with Crippen LogP contribution in [0.4, 0.5) is 0 Å². The third-order valence-electron chi connectivity index (χ3n) is 1.14. The molecule has 0 radical (unpaired) electrons. The molecule has 0 N–H and O–H groups in total. The van der Waals surface area contributed by atoms with Crippen molar-refractivity contribution in [2.24, 2.45) is 0 Å². The van der Waals surface area contributed by atoms with Crippen LogP contribution in [0.5, 0.6) is 0 Å². The largest absolute Gasteiger partial charge is 0.475 e. The molecule has 0 atom stereocenters. The van der Waals surface area contributed by atoms with Crippen molar-refractivity contribution in [3.05, 3.63) is 12.2 Å². The lowest BCUT2D eigenvalue weighted by Crippen LogP contribution is -1.99. The maximum Gasteiger partial charge on any atom is 0.475 e. The van der Waals surface area contributed by atoms with Crippen molar-refractivity contribution in [1.82, 2.24) is 0 Å². The molecule has 0 unspecified atom stereocenters. The summed E-state index contributed by atoms with van der Waals surface area (Å²) in [4.78, 5) is 0.